The molecule has 0 spiro atoms. The Kier molecular flexibility index (Phi) is 5.31. The van der Waals surface area contributed by atoms with E-state index in [0.717, 1.165) is 25.2 Å². The summed E-state index contributed by atoms with van der Waals surface area (Å²) in [6, 6.07) is 9.83. The summed E-state index contributed by atoms with van der Waals surface area (Å²) >= 11 is 0. The van der Waals surface area contributed by atoms with E-state index >= 15 is 0 Å². The first kappa shape index (κ1) is 13.5. The van der Waals surface area contributed by atoms with E-state index < -0.39 is 0 Å². The monoisotopic (exact) mass is 257 g/mol. The predicted molar refractivity (Wildman–Crippen MR) is 75.1 cm³/mol. The van der Waals surface area contributed by atoms with Crippen LogP contribution in [0.2, 0.25) is 0 Å². The zero-order valence-corrected chi connectivity index (χ0v) is 11.2. The highest BCUT2D eigenvalue weighted by Gasteiger charge is 1.98. The molecule has 0 radical (unpaired) electrons. The van der Waals surface area contributed by atoms with Crippen LogP contribution >= 0.6 is 0 Å². The zero-order valence-electron chi connectivity index (χ0n) is 11.2. The van der Waals surface area contributed by atoms with E-state index in [4.69, 9.17) is 4.74 Å². The molecule has 0 aliphatic carbocycles. The lowest BCUT2D eigenvalue weighted by Crippen LogP contribution is -2.12. The number of aromatic nitrogens is 2. The molecule has 100 valence electrons. The maximum atomic E-state index is 5.60. The molecular formula is C15H19N3O. The van der Waals surface area contributed by atoms with Crippen molar-refractivity contribution in [3.8, 4) is 5.88 Å². The topological polar surface area (TPSA) is 47.0 Å². The fraction of sp³-hybridized carbons (Fsp3) is 0.333. The molecule has 0 saturated carbocycles. The van der Waals surface area contributed by atoms with Crippen LogP contribution in [0.4, 0.5) is 0 Å². The Hall–Kier alpha value is -1.94. The molecule has 2 aromatic rings. The Morgan fingerprint density at radius 2 is 2.11 bits per heavy atom. The van der Waals surface area contributed by atoms with Gasteiger partial charge in [0.05, 0.1) is 6.61 Å². The molecule has 0 aliphatic heterocycles. The van der Waals surface area contributed by atoms with Crippen LogP contribution in [0, 0.1) is 0 Å². The quantitative estimate of drug-likeness (QED) is 0.826. The highest BCUT2D eigenvalue weighted by atomic mass is 16.5. The molecule has 4 heteroatoms. The minimum Gasteiger partial charge on any atom is -0.477 e. The van der Waals surface area contributed by atoms with Gasteiger partial charge in [-0.15, -0.1) is 0 Å². The van der Waals surface area contributed by atoms with Gasteiger partial charge in [0.25, 0.3) is 0 Å². The molecule has 2 rings (SSSR count). The van der Waals surface area contributed by atoms with E-state index in [1.54, 1.807) is 6.20 Å². The van der Waals surface area contributed by atoms with Crippen LogP contribution in [0.3, 0.4) is 0 Å². The minimum absolute atomic E-state index is 0.594. The highest BCUT2D eigenvalue weighted by molar-refractivity contribution is 5.17. The van der Waals surface area contributed by atoms with Crippen LogP contribution in [0.15, 0.2) is 42.7 Å². The van der Waals surface area contributed by atoms with Gasteiger partial charge in [-0.1, -0.05) is 19.1 Å². The molecule has 0 unspecified atom stereocenters. The summed E-state index contributed by atoms with van der Waals surface area (Å²) in [5, 5.41) is 3.26. The highest BCUT2D eigenvalue weighted by Crippen LogP contribution is 2.08. The van der Waals surface area contributed by atoms with E-state index in [-0.39, 0.29) is 0 Å². The number of rotatable bonds is 7. The molecular weight excluding hydrogens is 238 g/mol. The number of nitrogens with zero attached hydrogens (tertiary/aromatic N) is 2. The van der Waals surface area contributed by atoms with Crippen molar-refractivity contribution in [3.05, 3.63) is 54.0 Å². The largest absolute Gasteiger partial charge is 0.477 e. The summed E-state index contributed by atoms with van der Waals surface area (Å²) in [6.07, 6.45) is 4.43. The first-order valence-electron chi connectivity index (χ1n) is 6.57. The van der Waals surface area contributed by atoms with Crippen molar-refractivity contribution in [2.45, 2.75) is 19.9 Å². The number of nitrogens with one attached hydrogen (secondary N) is 1. The van der Waals surface area contributed by atoms with Gasteiger partial charge in [-0.25, -0.2) is 4.98 Å². The van der Waals surface area contributed by atoms with E-state index in [9.17, 15) is 0 Å². The molecule has 0 fully saturated rings. The van der Waals surface area contributed by atoms with Gasteiger partial charge in [-0.3, -0.25) is 4.98 Å². The van der Waals surface area contributed by atoms with Gasteiger partial charge in [-0.2, -0.15) is 0 Å². The molecule has 2 heterocycles. The summed E-state index contributed by atoms with van der Waals surface area (Å²) in [4.78, 5) is 8.53. The molecule has 2 aromatic heterocycles. The standard InChI is InChI=1S/C15H19N3O/c1-2-16-11-13-6-7-15(18-12-13)19-10-8-14-5-3-4-9-17-14/h3-7,9,12,16H,2,8,10-11H2,1H3. The van der Waals surface area contributed by atoms with Gasteiger partial charge in [0.1, 0.15) is 0 Å². The summed E-state index contributed by atoms with van der Waals surface area (Å²) in [5.74, 6) is 0.663. The number of pyridine rings is 2. The third-order valence-corrected chi connectivity index (χ3v) is 2.71. The van der Waals surface area contributed by atoms with Gasteiger partial charge in [0, 0.05) is 37.1 Å². The van der Waals surface area contributed by atoms with Crippen molar-refractivity contribution < 1.29 is 4.74 Å². The Labute approximate surface area is 113 Å². The summed E-state index contributed by atoms with van der Waals surface area (Å²) in [5.41, 5.74) is 2.20. The fourth-order valence-corrected chi connectivity index (χ4v) is 1.68. The van der Waals surface area contributed by atoms with E-state index in [0.29, 0.717) is 12.5 Å². The third kappa shape index (κ3) is 4.67. The maximum Gasteiger partial charge on any atom is 0.213 e. The molecule has 0 atom stereocenters. The number of hydrogen-bond acceptors (Lipinski definition) is 4. The fourth-order valence-electron chi connectivity index (χ4n) is 1.68. The van der Waals surface area contributed by atoms with E-state index in [2.05, 4.69) is 22.2 Å². The Morgan fingerprint density at radius 1 is 1.16 bits per heavy atom. The van der Waals surface area contributed by atoms with Gasteiger partial charge in [0.15, 0.2) is 0 Å². The van der Waals surface area contributed by atoms with Crippen molar-refractivity contribution >= 4 is 0 Å². The third-order valence-electron chi connectivity index (χ3n) is 2.71. The minimum atomic E-state index is 0.594. The summed E-state index contributed by atoms with van der Waals surface area (Å²) in [7, 11) is 0. The molecule has 0 bridgehead atoms. The second kappa shape index (κ2) is 7.48. The number of ether oxygens (including phenoxy) is 1. The lowest BCUT2D eigenvalue weighted by Gasteiger charge is -2.06. The summed E-state index contributed by atoms with van der Waals surface area (Å²) in [6.45, 7) is 4.49. The van der Waals surface area contributed by atoms with Crippen LogP contribution < -0.4 is 10.1 Å². The van der Waals surface area contributed by atoms with Gasteiger partial charge in [-0.05, 0) is 24.2 Å². The van der Waals surface area contributed by atoms with Crippen molar-refractivity contribution in [2.24, 2.45) is 0 Å². The average Bonchev–Trinajstić information content (AvgIpc) is 2.47. The smallest absolute Gasteiger partial charge is 0.213 e. The normalized spacial score (nSPS) is 10.4. The van der Waals surface area contributed by atoms with Gasteiger partial charge in [0.2, 0.25) is 5.88 Å². The Morgan fingerprint density at radius 3 is 2.79 bits per heavy atom. The van der Waals surface area contributed by atoms with Crippen LogP contribution in [0.5, 0.6) is 5.88 Å². The molecule has 0 saturated heterocycles. The first-order valence-corrected chi connectivity index (χ1v) is 6.57. The molecule has 19 heavy (non-hydrogen) atoms. The SMILES string of the molecule is CCNCc1ccc(OCCc2ccccn2)nc1. The van der Waals surface area contributed by atoms with Crippen molar-refractivity contribution in [1.29, 1.82) is 0 Å². The number of hydrogen-bond donors (Lipinski definition) is 1. The Balaban J connectivity index is 1.77. The maximum absolute atomic E-state index is 5.60. The lowest BCUT2D eigenvalue weighted by molar-refractivity contribution is 0.308. The van der Waals surface area contributed by atoms with Crippen LogP contribution in [0.25, 0.3) is 0 Å². The summed E-state index contributed by atoms with van der Waals surface area (Å²) < 4.78 is 5.60. The molecule has 0 amide bonds. The van der Waals surface area contributed by atoms with Gasteiger partial charge < -0.3 is 10.1 Å². The van der Waals surface area contributed by atoms with Crippen molar-refractivity contribution in [2.75, 3.05) is 13.2 Å². The molecule has 0 aliphatic rings. The predicted octanol–water partition coefficient (Wildman–Crippen LogP) is 2.21. The van der Waals surface area contributed by atoms with Crippen LogP contribution in [-0.4, -0.2) is 23.1 Å². The van der Waals surface area contributed by atoms with Crippen molar-refractivity contribution in [1.82, 2.24) is 15.3 Å². The second-order valence-electron chi connectivity index (χ2n) is 4.20. The second-order valence-corrected chi connectivity index (χ2v) is 4.20. The lowest BCUT2D eigenvalue weighted by atomic mass is 10.3. The zero-order chi connectivity index (χ0) is 13.3. The van der Waals surface area contributed by atoms with Gasteiger partial charge >= 0.3 is 0 Å². The van der Waals surface area contributed by atoms with E-state index in [1.807, 2.05) is 36.5 Å². The van der Waals surface area contributed by atoms with Crippen LogP contribution in [0.1, 0.15) is 18.2 Å². The Bertz CT molecular complexity index is 471. The first-order chi connectivity index (χ1) is 9.38. The molecule has 4 nitrogen and oxygen atoms in total. The van der Waals surface area contributed by atoms with Crippen LogP contribution in [-0.2, 0) is 13.0 Å². The molecule has 1 N–H and O–H groups in total. The van der Waals surface area contributed by atoms with E-state index in [1.165, 1.54) is 5.56 Å². The molecule has 0 aromatic carbocycles. The average molecular weight is 257 g/mol. The van der Waals surface area contributed by atoms with Crippen molar-refractivity contribution in [3.63, 3.8) is 0 Å².